The van der Waals surface area contributed by atoms with Crippen LogP contribution in [-0.4, -0.2) is 68.8 Å². The zero-order valence-corrected chi connectivity index (χ0v) is 23.2. The van der Waals surface area contributed by atoms with Gasteiger partial charge in [0.25, 0.3) is 0 Å². The number of para-hydroxylation sites is 1. The molecule has 8 N–H and O–H groups in total. The number of aromatic amines is 1. The molecule has 214 valence electrons. The second-order valence-electron chi connectivity index (χ2n) is 9.91. The SMILES string of the molecule is CC(C)C(NC(=O)C(N)CS)C(=O)NC(Cc1c[nH]c2ccccc12)C(=O)NC(Cc1ccc(O)cc1)C(=O)O. The van der Waals surface area contributed by atoms with Crippen LogP contribution < -0.4 is 21.7 Å². The van der Waals surface area contributed by atoms with Gasteiger partial charge in [0.05, 0.1) is 6.04 Å². The van der Waals surface area contributed by atoms with Crippen LogP contribution in [0.1, 0.15) is 25.0 Å². The first-order valence-corrected chi connectivity index (χ1v) is 13.5. The predicted molar refractivity (Wildman–Crippen MR) is 154 cm³/mol. The molecule has 0 fully saturated rings. The molecule has 0 aliphatic rings. The van der Waals surface area contributed by atoms with E-state index in [1.165, 1.54) is 12.1 Å². The molecule has 2 aromatic carbocycles. The number of hydrogen-bond acceptors (Lipinski definition) is 7. The molecule has 3 rings (SSSR count). The van der Waals surface area contributed by atoms with Crippen molar-refractivity contribution in [1.82, 2.24) is 20.9 Å². The fourth-order valence-corrected chi connectivity index (χ4v) is 4.38. The van der Waals surface area contributed by atoms with Crippen LogP contribution in [0.15, 0.2) is 54.7 Å². The summed E-state index contributed by atoms with van der Waals surface area (Å²) < 4.78 is 0. The van der Waals surface area contributed by atoms with E-state index in [0.29, 0.717) is 5.56 Å². The monoisotopic (exact) mass is 569 g/mol. The van der Waals surface area contributed by atoms with Gasteiger partial charge in [0.2, 0.25) is 17.7 Å². The molecule has 0 saturated carbocycles. The van der Waals surface area contributed by atoms with E-state index < -0.39 is 47.9 Å². The van der Waals surface area contributed by atoms with E-state index in [1.807, 2.05) is 24.3 Å². The molecule has 3 amide bonds. The summed E-state index contributed by atoms with van der Waals surface area (Å²) >= 11 is 4.03. The van der Waals surface area contributed by atoms with Crippen molar-refractivity contribution < 1.29 is 29.4 Å². The standard InChI is InChI=1S/C28H35N5O6S/c1-15(2)24(33-25(35)20(29)14-40)27(37)31-22(12-17-13-30-21-6-4-3-5-19(17)21)26(36)32-23(28(38)39)11-16-7-9-18(34)10-8-16/h3-10,13,15,20,22-24,30,34,40H,11-12,14,29H2,1-2H3,(H,31,37)(H,32,36)(H,33,35)(H,38,39). The number of nitrogens with two attached hydrogens (primary N) is 1. The lowest BCUT2D eigenvalue weighted by molar-refractivity contribution is -0.142. The van der Waals surface area contributed by atoms with E-state index >= 15 is 0 Å². The van der Waals surface area contributed by atoms with Crippen LogP contribution in [0.2, 0.25) is 0 Å². The summed E-state index contributed by atoms with van der Waals surface area (Å²) in [6.07, 6.45) is 1.75. The van der Waals surface area contributed by atoms with Crippen molar-refractivity contribution >= 4 is 47.2 Å². The van der Waals surface area contributed by atoms with Crippen LogP contribution in [0, 0.1) is 5.92 Å². The normalized spacial score (nSPS) is 14.2. The number of carboxylic acids is 1. The summed E-state index contributed by atoms with van der Waals surface area (Å²) in [7, 11) is 0. The second kappa shape index (κ2) is 13.9. The molecule has 0 bridgehead atoms. The number of aliphatic carboxylic acids is 1. The highest BCUT2D eigenvalue weighted by atomic mass is 32.1. The Morgan fingerprint density at radius 1 is 0.900 bits per heavy atom. The molecule has 0 radical (unpaired) electrons. The van der Waals surface area contributed by atoms with E-state index in [2.05, 4.69) is 33.6 Å². The van der Waals surface area contributed by atoms with Crippen LogP contribution in [-0.2, 0) is 32.0 Å². The quantitative estimate of drug-likeness (QED) is 0.142. The number of carbonyl (C=O) groups excluding carboxylic acids is 3. The Balaban J connectivity index is 1.86. The number of hydrogen-bond donors (Lipinski definition) is 8. The van der Waals surface area contributed by atoms with Crippen molar-refractivity contribution in [2.24, 2.45) is 11.7 Å². The van der Waals surface area contributed by atoms with Gasteiger partial charge in [-0.25, -0.2) is 4.79 Å². The zero-order chi connectivity index (χ0) is 29.4. The zero-order valence-electron chi connectivity index (χ0n) is 22.3. The molecular weight excluding hydrogens is 534 g/mol. The average molecular weight is 570 g/mol. The Bertz CT molecular complexity index is 1340. The molecule has 4 unspecified atom stereocenters. The van der Waals surface area contributed by atoms with Gasteiger partial charge in [-0.3, -0.25) is 14.4 Å². The number of amides is 3. The van der Waals surface area contributed by atoms with E-state index in [9.17, 15) is 29.4 Å². The number of fused-ring (bicyclic) bond motifs is 1. The van der Waals surface area contributed by atoms with Gasteiger partial charge in [-0.05, 0) is 35.2 Å². The van der Waals surface area contributed by atoms with Crippen molar-refractivity contribution in [1.29, 1.82) is 0 Å². The van der Waals surface area contributed by atoms with Gasteiger partial charge in [0.1, 0.15) is 23.9 Å². The number of H-pyrrole nitrogens is 1. The molecule has 3 aromatic rings. The number of phenols is 1. The number of benzene rings is 2. The summed E-state index contributed by atoms with van der Waals surface area (Å²) in [5, 5.41) is 28.0. The number of carbonyl (C=O) groups is 4. The Hall–Kier alpha value is -4.03. The lowest BCUT2D eigenvalue weighted by atomic mass is 9.99. The molecule has 0 aliphatic heterocycles. The minimum absolute atomic E-state index is 0.0308. The number of nitrogens with one attached hydrogen (secondary N) is 4. The number of carboxylic acid groups (broad SMARTS) is 1. The maximum atomic E-state index is 13.5. The second-order valence-corrected chi connectivity index (χ2v) is 10.3. The summed E-state index contributed by atoms with van der Waals surface area (Å²) in [5.74, 6) is -3.35. The molecule has 40 heavy (non-hydrogen) atoms. The molecule has 1 aromatic heterocycles. The fourth-order valence-electron chi connectivity index (χ4n) is 4.21. The third kappa shape index (κ3) is 7.99. The third-order valence-electron chi connectivity index (χ3n) is 6.50. The van der Waals surface area contributed by atoms with Crippen molar-refractivity contribution in [3.05, 3.63) is 65.9 Å². The van der Waals surface area contributed by atoms with E-state index in [0.717, 1.165) is 16.5 Å². The third-order valence-corrected chi connectivity index (χ3v) is 6.90. The van der Waals surface area contributed by atoms with Gasteiger partial charge >= 0.3 is 5.97 Å². The van der Waals surface area contributed by atoms with Crippen molar-refractivity contribution in [2.45, 2.75) is 50.9 Å². The minimum Gasteiger partial charge on any atom is -0.508 e. The maximum Gasteiger partial charge on any atom is 0.326 e. The van der Waals surface area contributed by atoms with Crippen LogP contribution in [0.4, 0.5) is 0 Å². The highest BCUT2D eigenvalue weighted by Gasteiger charge is 2.32. The Morgan fingerprint density at radius 3 is 2.17 bits per heavy atom. The first-order valence-electron chi connectivity index (χ1n) is 12.8. The predicted octanol–water partition coefficient (Wildman–Crippen LogP) is 1.11. The average Bonchev–Trinajstić information content (AvgIpc) is 3.33. The Morgan fingerprint density at radius 2 is 1.55 bits per heavy atom. The molecule has 0 spiro atoms. The first-order chi connectivity index (χ1) is 19.0. The fraction of sp³-hybridized carbons (Fsp3) is 0.357. The van der Waals surface area contributed by atoms with Crippen LogP contribution in [0.5, 0.6) is 5.75 Å². The Labute approximate surface area is 237 Å². The highest BCUT2D eigenvalue weighted by Crippen LogP contribution is 2.20. The van der Waals surface area contributed by atoms with Crippen molar-refractivity contribution in [3.8, 4) is 5.75 Å². The summed E-state index contributed by atoms with van der Waals surface area (Å²) in [4.78, 5) is 54.4. The topological polar surface area (TPSA) is 187 Å². The summed E-state index contributed by atoms with van der Waals surface area (Å²) in [6, 6.07) is 9.06. The van der Waals surface area contributed by atoms with Crippen LogP contribution >= 0.6 is 12.6 Å². The smallest absolute Gasteiger partial charge is 0.326 e. The van der Waals surface area contributed by atoms with E-state index in [1.54, 1.807) is 32.2 Å². The minimum atomic E-state index is -1.30. The van der Waals surface area contributed by atoms with Gasteiger partial charge in [-0.1, -0.05) is 44.2 Å². The molecular formula is C28H35N5O6S. The largest absolute Gasteiger partial charge is 0.508 e. The van der Waals surface area contributed by atoms with Crippen molar-refractivity contribution in [2.75, 3.05) is 5.75 Å². The van der Waals surface area contributed by atoms with Crippen LogP contribution in [0.25, 0.3) is 10.9 Å². The molecule has 0 aliphatic carbocycles. The Kier molecular flexibility index (Phi) is 10.6. The van der Waals surface area contributed by atoms with Gasteiger partial charge in [0, 0.05) is 35.7 Å². The lowest BCUT2D eigenvalue weighted by Crippen LogP contribution is -2.59. The molecule has 1 heterocycles. The van der Waals surface area contributed by atoms with E-state index in [-0.39, 0.29) is 30.3 Å². The number of aromatic hydroxyl groups is 1. The molecule has 12 heteroatoms. The maximum absolute atomic E-state index is 13.5. The van der Waals surface area contributed by atoms with Crippen LogP contribution in [0.3, 0.4) is 0 Å². The van der Waals surface area contributed by atoms with Gasteiger partial charge in [-0.2, -0.15) is 12.6 Å². The van der Waals surface area contributed by atoms with Crippen molar-refractivity contribution in [3.63, 3.8) is 0 Å². The van der Waals surface area contributed by atoms with Gasteiger partial charge < -0.3 is 36.9 Å². The number of rotatable bonds is 13. The molecule has 4 atom stereocenters. The molecule has 11 nitrogen and oxygen atoms in total. The number of thiol groups is 1. The van der Waals surface area contributed by atoms with Gasteiger partial charge in [0.15, 0.2) is 0 Å². The highest BCUT2D eigenvalue weighted by molar-refractivity contribution is 7.80. The summed E-state index contributed by atoms with van der Waals surface area (Å²) in [6.45, 7) is 3.48. The van der Waals surface area contributed by atoms with Gasteiger partial charge in [-0.15, -0.1) is 0 Å². The summed E-state index contributed by atoms with van der Waals surface area (Å²) in [5.41, 5.74) is 7.92. The van der Waals surface area contributed by atoms with E-state index in [4.69, 9.17) is 5.73 Å². The number of aromatic nitrogens is 1. The lowest BCUT2D eigenvalue weighted by Gasteiger charge is -2.27. The number of phenolic OH excluding ortho intramolecular Hbond substituents is 1. The first kappa shape index (κ1) is 30.5. The molecule has 0 saturated heterocycles.